The van der Waals surface area contributed by atoms with E-state index in [-0.39, 0.29) is 0 Å². The number of rotatable bonds is 0. The maximum Gasteiger partial charge on any atom is 0.108 e. The molecule has 0 fully saturated rings. The third kappa shape index (κ3) is 0.959. The van der Waals surface area contributed by atoms with Gasteiger partial charge in [-0.05, 0) is 6.08 Å². The largest absolute Gasteiger partial charge is 0.413 e. The summed E-state index contributed by atoms with van der Waals surface area (Å²) in [4.78, 5) is 4.63. The van der Waals surface area contributed by atoms with E-state index in [4.69, 9.17) is 0 Å². The second-order valence-corrected chi connectivity index (χ2v) is 1.79. The van der Waals surface area contributed by atoms with Gasteiger partial charge in [0.2, 0.25) is 0 Å². The highest BCUT2D eigenvalue weighted by molar-refractivity contribution is 7.35. The van der Waals surface area contributed by atoms with Crippen LogP contribution in [0.2, 0.25) is 0 Å². The first-order valence-corrected chi connectivity index (χ1v) is 2.80. The summed E-state index contributed by atoms with van der Waals surface area (Å²) in [6, 6.07) is 0. The van der Waals surface area contributed by atoms with E-state index in [9.17, 15) is 0 Å². The van der Waals surface area contributed by atoms with Crippen molar-refractivity contribution in [1.82, 2.24) is 5.25 Å². The maximum absolute atomic E-state index is 4.63. The van der Waals surface area contributed by atoms with Crippen LogP contribution in [0.5, 0.6) is 0 Å². The molecule has 0 amide bonds. The van der Waals surface area contributed by atoms with Gasteiger partial charge in [0.1, 0.15) is 6.26 Å². The third-order valence-electron chi connectivity index (χ3n) is 0.478. The van der Waals surface area contributed by atoms with Crippen molar-refractivity contribution in [3.63, 3.8) is 0 Å². The lowest BCUT2D eigenvalue weighted by Gasteiger charge is -2.02. The summed E-state index contributed by atoms with van der Waals surface area (Å²) in [5, 5.41) is 2.67. The molecule has 0 aromatic heterocycles. The molecule has 0 unspecified atom stereocenters. The molecular formula is C3H5NOP. The molecule has 1 aliphatic heterocycles. The molecule has 33 valence electrons. The van der Waals surface area contributed by atoms with E-state index in [0.29, 0.717) is 0 Å². The summed E-state index contributed by atoms with van der Waals surface area (Å²) in [6.07, 6.45) is 4.68. The summed E-state index contributed by atoms with van der Waals surface area (Å²) in [7, 11) is 1.14. The lowest BCUT2D eigenvalue weighted by Crippen LogP contribution is -2.00. The van der Waals surface area contributed by atoms with Crippen LogP contribution in [-0.4, -0.2) is 6.16 Å². The van der Waals surface area contributed by atoms with Crippen molar-refractivity contribution in [3.8, 4) is 0 Å². The van der Waals surface area contributed by atoms with Gasteiger partial charge in [0, 0.05) is 14.9 Å². The molecule has 0 aromatic carbocycles. The van der Waals surface area contributed by atoms with Crippen LogP contribution in [0.3, 0.4) is 0 Å². The first kappa shape index (κ1) is 4.10. The topological polar surface area (TPSA) is 21.3 Å². The molecular weight excluding hydrogens is 97.0 g/mol. The first-order valence-electron chi connectivity index (χ1n) is 1.72. The lowest BCUT2D eigenvalue weighted by atomic mass is 10.7. The van der Waals surface area contributed by atoms with E-state index in [1.54, 1.807) is 6.26 Å². The van der Waals surface area contributed by atoms with Crippen LogP contribution in [0.4, 0.5) is 0 Å². The van der Waals surface area contributed by atoms with E-state index in [1.807, 2.05) is 6.08 Å². The first-order chi connectivity index (χ1) is 3.00. The number of hydrogen-bond donors (Lipinski definition) is 1. The van der Waals surface area contributed by atoms with Crippen molar-refractivity contribution >= 4 is 8.73 Å². The SMILES string of the molecule is C1=CON[P]C1. The average molecular weight is 102 g/mol. The molecule has 1 radical (unpaired) electrons. The van der Waals surface area contributed by atoms with Crippen LogP contribution in [0, 0.1) is 0 Å². The molecule has 2 nitrogen and oxygen atoms in total. The molecule has 1 aliphatic rings. The van der Waals surface area contributed by atoms with Gasteiger partial charge in [0.25, 0.3) is 0 Å². The van der Waals surface area contributed by atoms with Gasteiger partial charge in [-0.3, -0.25) is 0 Å². The smallest absolute Gasteiger partial charge is 0.108 e. The van der Waals surface area contributed by atoms with Gasteiger partial charge in [-0.25, -0.2) is 0 Å². The zero-order valence-electron chi connectivity index (χ0n) is 3.22. The van der Waals surface area contributed by atoms with Gasteiger partial charge in [-0.1, -0.05) is 0 Å². The van der Waals surface area contributed by atoms with Crippen molar-refractivity contribution < 1.29 is 4.84 Å². The predicted molar refractivity (Wildman–Crippen MR) is 25.1 cm³/mol. The van der Waals surface area contributed by atoms with Crippen LogP contribution < -0.4 is 5.25 Å². The fourth-order valence-corrected chi connectivity index (χ4v) is 0.650. The molecule has 1 N–H and O–H groups in total. The predicted octanol–water partition coefficient (Wildman–Crippen LogP) is 0.896. The Kier molecular flexibility index (Phi) is 1.48. The Morgan fingerprint density at radius 3 is 3.00 bits per heavy atom. The van der Waals surface area contributed by atoms with Crippen molar-refractivity contribution in [2.24, 2.45) is 0 Å². The molecule has 1 heterocycles. The van der Waals surface area contributed by atoms with Crippen LogP contribution in [0.1, 0.15) is 0 Å². The third-order valence-corrected chi connectivity index (χ3v) is 1.11. The van der Waals surface area contributed by atoms with E-state index >= 15 is 0 Å². The Morgan fingerprint density at radius 1 is 1.83 bits per heavy atom. The fourth-order valence-electron chi connectivity index (χ4n) is 0.249. The van der Waals surface area contributed by atoms with Crippen LogP contribution >= 0.6 is 8.73 Å². The van der Waals surface area contributed by atoms with Gasteiger partial charge in [-0.2, -0.15) is 0 Å². The average Bonchev–Trinajstić information content (AvgIpc) is 1.72. The summed E-state index contributed by atoms with van der Waals surface area (Å²) in [5.74, 6) is 0. The van der Waals surface area contributed by atoms with Crippen molar-refractivity contribution in [3.05, 3.63) is 12.3 Å². The van der Waals surface area contributed by atoms with E-state index < -0.39 is 0 Å². The Balaban J connectivity index is 2.26. The minimum absolute atomic E-state index is 1.06. The number of nitrogens with one attached hydrogen (secondary N) is 1. The molecule has 1 rings (SSSR count). The summed E-state index contributed by atoms with van der Waals surface area (Å²) in [5.41, 5.74) is 0. The lowest BCUT2D eigenvalue weighted by molar-refractivity contribution is 0.207. The molecule has 3 heteroatoms. The normalized spacial score (nSPS) is 24.0. The number of hydrogen-bond acceptors (Lipinski definition) is 2. The molecule has 0 spiro atoms. The van der Waals surface area contributed by atoms with Gasteiger partial charge in [0.15, 0.2) is 0 Å². The standard InChI is InChI=1S/C3H5NOP/c1-2-5-4-6-3-1/h1-2,4H,3H2. The molecule has 0 saturated heterocycles. The number of allylic oxidation sites excluding steroid dienone is 1. The summed E-state index contributed by atoms with van der Waals surface area (Å²) >= 11 is 0. The van der Waals surface area contributed by atoms with Gasteiger partial charge < -0.3 is 4.84 Å². The molecule has 0 atom stereocenters. The van der Waals surface area contributed by atoms with Crippen LogP contribution in [0.25, 0.3) is 0 Å². The van der Waals surface area contributed by atoms with Gasteiger partial charge in [0.05, 0.1) is 0 Å². The second-order valence-electron chi connectivity index (χ2n) is 0.922. The zero-order chi connectivity index (χ0) is 4.24. The van der Waals surface area contributed by atoms with Crippen molar-refractivity contribution in [1.29, 1.82) is 0 Å². The summed E-state index contributed by atoms with van der Waals surface area (Å²) < 4.78 is 0. The molecule has 0 aromatic rings. The fraction of sp³-hybridized carbons (Fsp3) is 0.333. The second kappa shape index (κ2) is 2.17. The Hall–Kier alpha value is -0.0700. The summed E-state index contributed by atoms with van der Waals surface area (Å²) in [6.45, 7) is 0. The molecule has 0 saturated carbocycles. The Morgan fingerprint density at radius 2 is 2.83 bits per heavy atom. The molecule has 0 aliphatic carbocycles. The van der Waals surface area contributed by atoms with Crippen molar-refractivity contribution in [2.75, 3.05) is 6.16 Å². The monoisotopic (exact) mass is 102 g/mol. The van der Waals surface area contributed by atoms with Crippen LogP contribution in [-0.2, 0) is 4.84 Å². The minimum atomic E-state index is 1.06. The minimum Gasteiger partial charge on any atom is -0.413 e. The highest BCUT2D eigenvalue weighted by Crippen LogP contribution is 2.06. The van der Waals surface area contributed by atoms with Crippen LogP contribution in [0.15, 0.2) is 12.3 Å². The highest BCUT2D eigenvalue weighted by Gasteiger charge is 1.86. The van der Waals surface area contributed by atoms with E-state index in [2.05, 4.69) is 10.1 Å². The quantitative estimate of drug-likeness (QED) is 0.459. The Labute approximate surface area is 38.4 Å². The molecule has 6 heavy (non-hydrogen) atoms. The van der Waals surface area contributed by atoms with E-state index in [1.165, 1.54) is 0 Å². The molecule has 0 bridgehead atoms. The van der Waals surface area contributed by atoms with Gasteiger partial charge in [-0.15, -0.1) is 5.25 Å². The maximum atomic E-state index is 4.63. The zero-order valence-corrected chi connectivity index (χ0v) is 4.11. The Bertz CT molecular complexity index is 55.8. The van der Waals surface area contributed by atoms with Crippen molar-refractivity contribution in [2.45, 2.75) is 0 Å². The van der Waals surface area contributed by atoms with Gasteiger partial charge >= 0.3 is 0 Å². The highest BCUT2D eigenvalue weighted by atomic mass is 31.1. The van der Waals surface area contributed by atoms with E-state index in [0.717, 1.165) is 14.9 Å².